The predicted octanol–water partition coefficient (Wildman–Crippen LogP) is 3.71. The lowest BCUT2D eigenvalue weighted by molar-refractivity contribution is 0.384. The summed E-state index contributed by atoms with van der Waals surface area (Å²) in [7, 11) is 3.35. The minimum Gasteiger partial charge on any atom is -0.497 e. The second-order valence-corrected chi connectivity index (χ2v) is 4.53. The number of nitrogens with one attached hydrogen (secondary N) is 1. The monoisotopic (exact) mass is 263 g/mol. The smallest absolute Gasteiger partial charge is 0.127 e. The molecule has 1 aromatic carbocycles. The summed E-state index contributed by atoms with van der Waals surface area (Å²) in [6, 6.07) is 6.19. The van der Waals surface area contributed by atoms with Gasteiger partial charge in [-0.2, -0.15) is 0 Å². The highest BCUT2D eigenvalue weighted by atomic mass is 16.5. The summed E-state index contributed by atoms with van der Waals surface area (Å²) < 4.78 is 10.7. The standard InChI is InChI=1S/C16H25NO2/c1-6-12(3)10-15(17-7-2)14-9-8-13(18-4)11-16(14)19-5/h8-9,11,15,17H,3,6-7,10H2,1-2,4-5H3. The van der Waals surface area contributed by atoms with Crippen LogP contribution < -0.4 is 14.8 Å². The largest absolute Gasteiger partial charge is 0.497 e. The third-order valence-corrected chi connectivity index (χ3v) is 3.26. The van der Waals surface area contributed by atoms with E-state index in [4.69, 9.17) is 9.47 Å². The molecular formula is C16H25NO2. The van der Waals surface area contributed by atoms with E-state index in [0.717, 1.165) is 36.4 Å². The molecule has 1 rings (SSSR count). The Morgan fingerprint density at radius 2 is 2.00 bits per heavy atom. The van der Waals surface area contributed by atoms with Crippen molar-refractivity contribution in [1.82, 2.24) is 5.32 Å². The van der Waals surface area contributed by atoms with Gasteiger partial charge in [0.1, 0.15) is 11.5 Å². The van der Waals surface area contributed by atoms with Crippen LogP contribution in [0.25, 0.3) is 0 Å². The first-order chi connectivity index (χ1) is 9.15. The van der Waals surface area contributed by atoms with Gasteiger partial charge in [0, 0.05) is 17.7 Å². The number of ether oxygens (including phenoxy) is 2. The lowest BCUT2D eigenvalue weighted by Crippen LogP contribution is -2.22. The number of methoxy groups -OCH3 is 2. The van der Waals surface area contributed by atoms with E-state index in [1.54, 1.807) is 14.2 Å². The first-order valence-electron chi connectivity index (χ1n) is 6.78. The Morgan fingerprint density at radius 3 is 2.53 bits per heavy atom. The van der Waals surface area contributed by atoms with Gasteiger partial charge in [0.25, 0.3) is 0 Å². The Bertz CT molecular complexity index is 415. The molecule has 0 aliphatic heterocycles. The zero-order valence-corrected chi connectivity index (χ0v) is 12.5. The maximum atomic E-state index is 5.48. The summed E-state index contributed by atoms with van der Waals surface area (Å²) in [4.78, 5) is 0. The summed E-state index contributed by atoms with van der Waals surface area (Å²) >= 11 is 0. The van der Waals surface area contributed by atoms with Crippen LogP contribution in [0, 0.1) is 0 Å². The molecular weight excluding hydrogens is 238 g/mol. The van der Waals surface area contributed by atoms with E-state index < -0.39 is 0 Å². The molecule has 0 amide bonds. The lowest BCUT2D eigenvalue weighted by atomic mass is 9.97. The van der Waals surface area contributed by atoms with Gasteiger partial charge in [-0.15, -0.1) is 0 Å². The van der Waals surface area contributed by atoms with E-state index in [9.17, 15) is 0 Å². The maximum Gasteiger partial charge on any atom is 0.127 e. The van der Waals surface area contributed by atoms with E-state index in [-0.39, 0.29) is 6.04 Å². The highest BCUT2D eigenvalue weighted by Gasteiger charge is 2.16. The Kier molecular flexibility index (Phi) is 6.43. The van der Waals surface area contributed by atoms with Crippen molar-refractivity contribution in [2.45, 2.75) is 32.7 Å². The van der Waals surface area contributed by atoms with Gasteiger partial charge < -0.3 is 14.8 Å². The van der Waals surface area contributed by atoms with Crippen molar-refractivity contribution in [3.63, 3.8) is 0 Å². The van der Waals surface area contributed by atoms with Crippen LogP contribution >= 0.6 is 0 Å². The zero-order chi connectivity index (χ0) is 14.3. The molecule has 0 saturated carbocycles. The van der Waals surface area contributed by atoms with Crippen molar-refractivity contribution in [2.24, 2.45) is 0 Å². The highest BCUT2D eigenvalue weighted by Crippen LogP contribution is 2.32. The number of rotatable bonds is 8. The average molecular weight is 263 g/mol. The molecule has 0 aliphatic carbocycles. The Balaban J connectivity index is 3.03. The fourth-order valence-corrected chi connectivity index (χ4v) is 2.08. The zero-order valence-electron chi connectivity index (χ0n) is 12.5. The number of hydrogen-bond donors (Lipinski definition) is 1. The first-order valence-corrected chi connectivity index (χ1v) is 6.78. The van der Waals surface area contributed by atoms with E-state index in [1.165, 1.54) is 5.57 Å². The Morgan fingerprint density at radius 1 is 1.26 bits per heavy atom. The van der Waals surface area contributed by atoms with Crippen LogP contribution in [0.1, 0.15) is 38.3 Å². The molecule has 0 bridgehead atoms. The van der Waals surface area contributed by atoms with E-state index in [0.29, 0.717) is 0 Å². The lowest BCUT2D eigenvalue weighted by Gasteiger charge is -2.22. The Hall–Kier alpha value is -1.48. The van der Waals surface area contributed by atoms with Crippen molar-refractivity contribution >= 4 is 0 Å². The summed E-state index contributed by atoms with van der Waals surface area (Å²) in [6.45, 7) is 9.26. The molecule has 0 fully saturated rings. The van der Waals surface area contributed by atoms with Gasteiger partial charge in [-0.1, -0.05) is 32.1 Å². The molecule has 0 aliphatic rings. The molecule has 1 unspecified atom stereocenters. The molecule has 19 heavy (non-hydrogen) atoms. The minimum absolute atomic E-state index is 0.235. The topological polar surface area (TPSA) is 30.5 Å². The van der Waals surface area contributed by atoms with Crippen LogP contribution in [0.5, 0.6) is 11.5 Å². The van der Waals surface area contributed by atoms with Crippen molar-refractivity contribution in [2.75, 3.05) is 20.8 Å². The van der Waals surface area contributed by atoms with Gasteiger partial charge in [-0.3, -0.25) is 0 Å². The van der Waals surface area contributed by atoms with Gasteiger partial charge in [-0.25, -0.2) is 0 Å². The fraction of sp³-hybridized carbons (Fsp3) is 0.500. The molecule has 0 heterocycles. The normalized spacial score (nSPS) is 12.0. The van der Waals surface area contributed by atoms with Gasteiger partial charge in [0.15, 0.2) is 0 Å². The van der Waals surface area contributed by atoms with Gasteiger partial charge in [0.2, 0.25) is 0 Å². The van der Waals surface area contributed by atoms with E-state index in [2.05, 4.69) is 31.8 Å². The van der Waals surface area contributed by atoms with Gasteiger partial charge >= 0.3 is 0 Å². The molecule has 0 saturated heterocycles. The van der Waals surface area contributed by atoms with Crippen molar-refractivity contribution in [3.8, 4) is 11.5 Å². The summed E-state index contributed by atoms with van der Waals surface area (Å²) in [5.41, 5.74) is 2.39. The van der Waals surface area contributed by atoms with Crippen molar-refractivity contribution < 1.29 is 9.47 Å². The molecule has 3 heteroatoms. The quantitative estimate of drug-likeness (QED) is 0.725. The van der Waals surface area contributed by atoms with Crippen LogP contribution in [0.15, 0.2) is 30.4 Å². The van der Waals surface area contributed by atoms with Crippen LogP contribution in [-0.4, -0.2) is 20.8 Å². The molecule has 1 atom stereocenters. The summed E-state index contributed by atoms with van der Waals surface area (Å²) in [5.74, 6) is 1.67. The highest BCUT2D eigenvalue weighted by molar-refractivity contribution is 5.43. The van der Waals surface area contributed by atoms with E-state index in [1.807, 2.05) is 12.1 Å². The van der Waals surface area contributed by atoms with Crippen LogP contribution in [-0.2, 0) is 0 Å². The van der Waals surface area contributed by atoms with Crippen molar-refractivity contribution in [3.05, 3.63) is 35.9 Å². The van der Waals surface area contributed by atoms with Gasteiger partial charge in [-0.05, 0) is 25.5 Å². The fourth-order valence-electron chi connectivity index (χ4n) is 2.08. The van der Waals surface area contributed by atoms with Gasteiger partial charge in [0.05, 0.1) is 14.2 Å². The second-order valence-electron chi connectivity index (χ2n) is 4.53. The maximum absolute atomic E-state index is 5.48. The molecule has 1 aromatic rings. The molecule has 0 spiro atoms. The average Bonchev–Trinajstić information content (AvgIpc) is 2.45. The van der Waals surface area contributed by atoms with Crippen LogP contribution in [0.2, 0.25) is 0 Å². The second kappa shape index (κ2) is 7.85. The predicted molar refractivity (Wildman–Crippen MR) is 80.0 cm³/mol. The summed E-state index contributed by atoms with van der Waals surface area (Å²) in [6.07, 6.45) is 1.92. The van der Waals surface area contributed by atoms with Crippen molar-refractivity contribution in [1.29, 1.82) is 0 Å². The number of hydrogen-bond acceptors (Lipinski definition) is 3. The SMILES string of the molecule is C=C(CC)CC(NCC)c1ccc(OC)cc1OC. The number of benzene rings is 1. The summed E-state index contributed by atoms with van der Waals surface area (Å²) in [5, 5.41) is 3.49. The van der Waals surface area contributed by atoms with E-state index >= 15 is 0 Å². The minimum atomic E-state index is 0.235. The molecule has 0 radical (unpaired) electrons. The first kappa shape index (κ1) is 15.6. The molecule has 3 nitrogen and oxygen atoms in total. The van der Waals surface area contributed by atoms with Crippen LogP contribution in [0.4, 0.5) is 0 Å². The van der Waals surface area contributed by atoms with Crippen LogP contribution in [0.3, 0.4) is 0 Å². The Labute approximate surface area is 116 Å². The molecule has 1 N–H and O–H groups in total. The molecule has 106 valence electrons. The molecule has 0 aromatic heterocycles. The third kappa shape index (κ3) is 4.28. The third-order valence-electron chi connectivity index (χ3n) is 3.26.